The maximum atomic E-state index is 13.0. The summed E-state index contributed by atoms with van der Waals surface area (Å²) in [6, 6.07) is 21.1. The summed E-state index contributed by atoms with van der Waals surface area (Å²) in [5.41, 5.74) is 6.14. The van der Waals surface area contributed by atoms with Crippen LogP contribution in [0.1, 0.15) is 33.1 Å². The van der Waals surface area contributed by atoms with Crippen molar-refractivity contribution in [1.29, 1.82) is 0 Å². The molecule has 0 unspecified atom stereocenters. The van der Waals surface area contributed by atoms with Crippen LogP contribution in [-0.4, -0.2) is 43.0 Å². The maximum Gasteiger partial charge on any atom is 0.304 e. The van der Waals surface area contributed by atoms with Crippen LogP contribution < -0.4 is 20.2 Å². The highest BCUT2D eigenvalue weighted by Crippen LogP contribution is 2.28. The van der Waals surface area contributed by atoms with Crippen molar-refractivity contribution in [3.63, 3.8) is 0 Å². The van der Waals surface area contributed by atoms with Crippen molar-refractivity contribution in [2.45, 2.75) is 19.0 Å². The van der Waals surface area contributed by atoms with Gasteiger partial charge in [-0.15, -0.1) is 10.1 Å². The minimum absolute atomic E-state index is 0.291. The van der Waals surface area contributed by atoms with E-state index in [2.05, 4.69) is 10.7 Å². The molecule has 33 heavy (non-hydrogen) atoms. The Morgan fingerprint density at radius 2 is 1.67 bits per heavy atom. The zero-order valence-corrected chi connectivity index (χ0v) is 18.7. The topological polar surface area (TPSA) is 79.7 Å². The van der Waals surface area contributed by atoms with Gasteiger partial charge in [0, 0.05) is 16.7 Å². The van der Waals surface area contributed by atoms with E-state index in [4.69, 9.17) is 9.47 Å². The number of aryl methyl sites for hydroxylation is 1. The third-order valence-electron chi connectivity index (χ3n) is 5.57. The van der Waals surface area contributed by atoms with Gasteiger partial charge in [0.15, 0.2) is 17.5 Å². The third kappa shape index (κ3) is 4.72. The molecule has 0 aliphatic carbocycles. The lowest BCUT2D eigenvalue weighted by molar-refractivity contribution is -0.596. The van der Waals surface area contributed by atoms with E-state index in [1.165, 1.54) is 0 Å². The fraction of sp³-hybridized carbons (Fsp3) is 0.192. The Kier molecular flexibility index (Phi) is 6.40. The molecule has 2 N–H and O–H groups in total. The van der Waals surface area contributed by atoms with Crippen LogP contribution in [0.2, 0.25) is 0 Å². The third-order valence-corrected chi connectivity index (χ3v) is 5.57. The second-order valence-corrected chi connectivity index (χ2v) is 7.80. The average molecular weight is 445 g/mol. The summed E-state index contributed by atoms with van der Waals surface area (Å²) in [6.07, 6.45) is 1.82. The molecule has 1 fully saturated rings. The van der Waals surface area contributed by atoms with E-state index >= 15 is 0 Å². The monoisotopic (exact) mass is 444 g/mol. The van der Waals surface area contributed by atoms with Gasteiger partial charge in [0.1, 0.15) is 0 Å². The number of amides is 2. The number of carbonyl (C=O) groups is 2. The molecule has 7 nitrogen and oxygen atoms in total. The molecular formula is C26H26N3O4+. The van der Waals surface area contributed by atoms with Gasteiger partial charge in [-0.3, -0.25) is 9.59 Å². The number of benzene rings is 3. The van der Waals surface area contributed by atoms with Gasteiger partial charge in [0.25, 0.3) is 5.91 Å². The van der Waals surface area contributed by atoms with Gasteiger partial charge in [-0.25, -0.2) is 0 Å². The molecule has 3 aromatic carbocycles. The minimum Gasteiger partial charge on any atom is -0.493 e. The summed E-state index contributed by atoms with van der Waals surface area (Å²) in [7, 11) is 3.15. The summed E-state index contributed by atoms with van der Waals surface area (Å²) in [6.45, 7) is 1.96. The fourth-order valence-corrected chi connectivity index (χ4v) is 3.85. The quantitative estimate of drug-likeness (QED) is 0.573. The van der Waals surface area contributed by atoms with Crippen molar-refractivity contribution in [1.82, 2.24) is 10.7 Å². The molecule has 0 spiro atoms. The highest BCUT2D eigenvalue weighted by molar-refractivity contribution is 5.98. The van der Waals surface area contributed by atoms with E-state index in [1.807, 2.05) is 67.7 Å². The van der Waals surface area contributed by atoms with E-state index in [0.29, 0.717) is 17.1 Å². The molecule has 2 amide bonds. The standard InChI is InChI=1S/C26H25N3O4/c1-17-9-12-20(13-10-17)25(30)27-23-24(19-7-5-4-6-8-19)29(28-26(23)31)16-18-11-14-21(32-2)22(15-18)33-3/h4-16,23-24H,1-3H3,(H-,27,28,30,31)/p+1/b29-16-/t23-,24-/m0/s1. The molecule has 0 radical (unpaired) electrons. The van der Waals surface area contributed by atoms with E-state index in [9.17, 15) is 9.59 Å². The lowest BCUT2D eigenvalue weighted by Crippen LogP contribution is -2.42. The number of ether oxygens (including phenoxy) is 2. The summed E-state index contributed by atoms with van der Waals surface area (Å²) in [5.74, 6) is 0.602. The highest BCUT2D eigenvalue weighted by atomic mass is 16.5. The summed E-state index contributed by atoms with van der Waals surface area (Å²) in [4.78, 5) is 25.9. The zero-order valence-electron chi connectivity index (χ0n) is 18.7. The van der Waals surface area contributed by atoms with Crippen molar-refractivity contribution in [2.75, 3.05) is 14.2 Å². The molecule has 0 bridgehead atoms. The normalized spacial score (nSPS) is 18.6. The van der Waals surface area contributed by atoms with Gasteiger partial charge in [-0.2, -0.15) is 0 Å². The second-order valence-electron chi connectivity index (χ2n) is 7.80. The maximum absolute atomic E-state index is 13.0. The lowest BCUT2D eigenvalue weighted by atomic mass is 9.99. The number of hydrogen-bond acceptors (Lipinski definition) is 4. The molecule has 2 atom stereocenters. The van der Waals surface area contributed by atoms with Crippen LogP contribution in [0, 0.1) is 6.92 Å². The molecule has 1 aliphatic heterocycles. The summed E-state index contributed by atoms with van der Waals surface area (Å²) in [5, 5.41) is 2.91. The number of nitrogens with one attached hydrogen (secondary N) is 2. The Morgan fingerprint density at radius 1 is 0.970 bits per heavy atom. The SMILES string of the molecule is COc1ccc(/C=[N+]2\NC(=O)[C@@H](NC(=O)c3ccc(C)cc3)[C@@H]2c2ccccc2)cc1OC. The first-order valence-electron chi connectivity index (χ1n) is 10.6. The number of nitrogens with zero attached hydrogens (tertiary/aromatic N) is 1. The Hall–Kier alpha value is -4.13. The molecule has 0 aromatic heterocycles. The largest absolute Gasteiger partial charge is 0.493 e. The van der Waals surface area contributed by atoms with E-state index in [0.717, 1.165) is 16.7 Å². The van der Waals surface area contributed by atoms with Crippen molar-refractivity contribution < 1.29 is 23.7 Å². The molecule has 3 aromatic rings. The molecule has 0 saturated carbocycles. The van der Waals surface area contributed by atoms with Crippen LogP contribution in [0.4, 0.5) is 0 Å². The molecule has 4 rings (SSSR count). The van der Waals surface area contributed by atoms with Crippen LogP contribution in [-0.2, 0) is 4.79 Å². The fourth-order valence-electron chi connectivity index (χ4n) is 3.85. The molecular weight excluding hydrogens is 418 g/mol. The number of carbonyl (C=O) groups excluding carboxylic acids is 2. The van der Waals surface area contributed by atoms with Crippen LogP contribution in [0.15, 0.2) is 72.8 Å². The predicted molar refractivity (Wildman–Crippen MR) is 125 cm³/mol. The van der Waals surface area contributed by atoms with Crippen LogP contribution in [0.3, 0.4) is 0 Å². The highest BCUT2D eigenvalue weighted by Gasteiger charge is 2.47. The Bertz CT molecular complexity index is 1190. The number of rotatable bonds is 6. The van der Waals surface area contributed by atoms with Crippen molar-refractivity contribution in [3.8, 4) is 11.5 Å². The first-order valence-corrected chi connectivity index (χ1v) is 10.6. The number of methoxy groups -OCH3 is 2. The Labute approximate surface area is 192 Å². The molecule has 168 valence electrons. The average Bonchev–Trinajstić information content (AvgIpc) is 3.14. The van der Waals surface area contributed by atoms with Crippen molar-refractivity contribution in [3.05, 3.63) is 95.1 Å². The van der Waals surface area contributed by atoms with E-state index in [1.54, 1.807) is 37.1 Å². The van der Waals surface area contributed by atoms with Gasteiger partial charge in [-0.1, -0.05) is 48.0 Å². The molecule has 7 heteroatoms. The molecule has 1 aliphatic rings. The van der Waals surface area contributed by atoms with Crippen LogP contribution >= 0.6 is 0 Å². The van der Waals surface area contributed by atoms with Gasteiger partial charge >= 0.3 is 5.91 Å². The van der Waals surface area contributed by atoms with Gasteiger partial charge in [0.2, 0.25) is 12.3 Å². The minimum atomic E-state index is -0.780. The summed E-state index contributed by atoms with van der Waals surface area (Å²) >= 11 is 0. The van der Waals surface area contributed by atoms with Crippen LogP contribution in [0.25, 0.3) is 0 Å². The van der Waals surface area contributed by atoms with Crippen LogP contribution in [0.5, 0.6) is 11.5 Å². The first kappa shape index (κ1) is 22.1. The van der Waals surface area contributed by atoms with Crippen molar-refractivity contribution >= 4 is 18.0 Å². The number of hydrazine groups is 1. The smallest absolute Gasteiger partial charge is 0.304 e. The second kappa shape index (κ2) is 9.56. The first-order chi connectivity index (χ1) is 16.0. The Balaban J connectivity index is 1.69. The number of hydrazone groups is 1. The van der Waals surface area contributed by atoms with Gasteiger partial charge in [0.05, 0.1) is 14.2 Å². The van der Waals surface area contributed by atoms with Gasteiger partial charge in [-0.05, 0) is 37.3 Å². The number of hydrogen-bond donors (Lipinski definition) is 2. The van der Waals surface area contributed by atoms with E-state index in [-0.39, 0.29) is 11.8 Å². The zero-order chi connectivity index (χ0) is 23.4. The van der Waals surface area contributed by atoms with Gasteiger partial charge < -0.3 is 14.8 Å². The van der Waals surface area contributed by atoms with E-state index < -0.39 is 12.1 Å². The van der Waals surface area contributed by atoms with Crippen molar-refractivity contribution in [2.24, 2.45) is 0 Å². The summed E-state index contributed by atoms with van der Waals surface area (Å²) < 4.78 is 12.4. The Morgan fingerprint density at radius 3 is 2.33 bits per heavy atom. The predicted octanol–water partition coefficient (Wildman–Crippen LogP) is 3.03. The molecule has 1 heterocycles. The molecule has 1 saturated heterocycles. The lowest BCUT2D eigenvalue weighted by Gasteiger charge is -2.15.